The van der Waals surface area contributed by atoms with E-state index in [0.717, 1.165) is 16.3 Å². The Morgan fingerprint density at radius 3 is 2.62 bits per heavy atom. The molecule has 3 aromatic rings. The van der Waals surface area contributed by atoms with E-state index in [-0.39, 0.29) is 17.3 Å². The van der Waals surface area contributed by atoms with E-state index in [1.165, 1.54) is 0 Å². The molecule has 21 heavy (non-hydrogen) atoms. The first-order valence-electron chi connectivity index (χ1n) is 6.75. The molecule has 0 aromatic heterocycles. The number of hydrogen-bond donors (Lipinski definition) is 2. The SMILES string of the molecule is O=C1c2cccc(O)c2Cc2ccc3ccc(O)cc3c21. The minimum Gasteiger partial charge on any atom is -0.508 e. The quantitative estimate of drug-likeness (QED) is 0.517. The van der Waals surface area contributed by atoms with Gasteiger partial charge < -0.3 is 10.2 Å². The Morgan fingerprint density at radius 1 is 0.952 bits per heavy atom. The second-order valence-corrected chi connectivity index (χ2v) is 5.31. The molecule has 0 fully saturated rings. The Balaban J connectivity index is 2.06. The van der Waals surface area contributed by atoms with Crippen molar-refractivity contribution in [2.24, 2.45) is 0 Å². The Morgan fingerprint density at radius 2 is 1.76 bits per heavy atom. The molecule has 3 heteroatoms. The fourth-order valence-electron chi connectivity index (χ4n) is 3.07. The summed E-state index contributed by atoms with van der Waals surface area (Å²) in [5.74, 6) is 0.200. The molecule has 1 aliphatic rings. The minimum absolute atomic E-state index is 0.0987. The fraction of sp³-hybridized carbons (Fsp3) is 0.0556. The van der Waals surface area contributed by atoms with Gasteiger partial charge in [-0.15, -0.1) is 0 Å². The van der Waals surface area contributed by atoms with Crippen LogP contribution in [-0.4, -0.2) is 16.0 Å². The van der Waals surface area contributed by atoms with E-state index in [0.29, 0.717) is 23.1 Å². The van der Waals surface area contributed by atoms with Crippen molar-refractivity contribution in [2.75, 3.05) is 0 Å². The summed E-state index contributed by atoms with van der Waals surface area (Å²) >= 11 is 0. The molecular formula is C18H12O3. The van der Waals surface area contributed by atoms with Gasteiger partial charge in [-0.05, 0) is 34.5 Å². The lowest BCUT2D eigenvalue weighted by molar-refractivity contribution is 0.103. The van der Waals surface area contributed by atoms with E-state index < -0.39 is 0 Å². The number of phenolic OH excluding ortho intramolecular Hbond substituents is 2. The Labute approximate surface area is 121 Å². The lowest BCUT2D eigenvalue weighted by atomic mass is 9.82. The molecule has 0 spiro atoms. The van der Waals surface area contributed by atoms with Crippen molar-refractivity contribution in [1.82, 2.24) is 0 Å². The standard InChI is InChI=1S/C18H12O3/c19-12-7-6-10-4-5-11-8-15-13(2-1-3-16(15)20)18(21)17(11)14(10)9-12/h1-7,9,19-20H,8H2. The van der Waals surface area contributed by atoms with Crippen LogP contribution in [0, 0.1) is 0 Å². The van der Waals surface area contributed by atoms with Crippen molar-refractivity contribution in [3.63, 3.8) is 0 Å². The molecule has 0 saturated heterocycles. The third-order valence-electron chi connectivity index (χ3n) is 4.08. The Hall–Kier alpha value is -2.81. The molecule has 3 nitrogen and oxygen atoms in total. The van der Waals surface area contributed by atoms with Gasteiger partial charge in [-0.2, -0.15) is 0 Å². The van der Waals surface area contributed by atoms with Crippen LogP contribution in [0.5, 0.6) is 11.5 Å². The highest BCUT2D eigenvalue weighted by Crippen LogP contribution is 2.36. The molecule has 0 radical (unpaired) electrons. The second kappa shape index (κ2) is 4.09. The van der Waals surface area contributed by atoms with Gasteiger partial charge in [0.15, 0.2) is 5.78 Å². The van der Waals surface area contributed by atoms with Crippen molar-refractivity contribution in [3.05, 3.63) is 70.8 Å². The first-order chi connectivity index (χ1) is 10.1. The first-order valence-corrected chi connectivity index (χ1v) is 6.75. The lowest BCUT2D eigenvalue weighted by Gasteiger charge is -2.21. The lowest BCUT2D eigenvalue weighted by Crippen LogP contribution is -2.15. The zero-order valence-electron chi connectivity index (χ0n) is 11.1. The maximum Gasteiger partial charge on any atom is 0.194 e. The summed E-state index contributed by atoms with van der Waals surface area (Å²) in [6, 6.07) is 13.9. The summed E-state index contributed by atoms with van der Waals surface area (Å²) in [5, 5.41) is 21.3. The molecule has 4 rings (SSSR count). The number of fused-ring (bicyclic) bond motifs is 4. The molecule has 0 unspecified atom stereocenters. The van der Waals surface area contributed by atoms with E-state index in [1.807, 2.05) is 12.1 Å². The van der Waals surface area contributed by atoms with Gasteiger partial charge in [0.25, 0.3) is 0 Å². The molecule has 0 bridgehead atoms. The van der Waals surface area contributed by atoms with Gasteiger partial charge in [0.2, 0.25) is 0 Å². The van der Waals surface area contributed by atoms with E-state index >= 15 is 0 Å². The zero-order chi connectivity index (χ0) is 14.6. The van der Waals surface area contributed by atoms with Gasteiger partial charge in [0.05, 0.1) is 0 Å². The number of aromatic hydroxyl groups is 2. The normalized spacial score (nSPS) is 13.0. The molecule has 0 aliphatic heterocycles. The number of carbonyl (C=O) groups excluding carboxylic acids is 1. The van der Waals surface area contributed by atoms with Crippen molar-refractivity contribution in [1.29, 1.82) is 0 Å². The van der Waals surface area contributed by atoms with Gasteiger partial charge in [0.1, 0.15) is 11.5 Å². The van der Waals surface area contributed by atoms with Gasteiger partial charge >= 0.3 is 0 Å². The van der Waals surface area contributed by atoms with Gasteiger partial charge in [-0.3, -0.25) is 4.79 Å². The number of benzene rings is 3. The van der Waals surface area contributed by atoms with Gasteiger partial charge in [0, 0.05) is 23.1 Å². The Bertz CT molecular complexity index is 910. The predicted molar refractivity (Wildman–Crippen MR) is 80.0 cm³/mol. The van der Waals surface area contributed by atoms with Crippen molar-refractivity contribution >= 4 is 16.6 Å². The molecule has 1 aliphatic carbocycles. The molecular weight excluding hydrogens is 264 g/mol. The van der Waals surface area contributed by atoms with Crippen LogP contribution >= 0.6 is 0 Å². The van der Waals surface area contributed by atoms with E-state index in [4.69, 9.17) is 0 Å². The molecule has 0 amide bonds. The highest BCUT2D eigenvalue weighted by atomic mass is 16.3. The summed E-state index contributed by atoms with van der Waals surface area (Å²) in [7, 11) is 0. The maximum absolute atomic E-state index is 12.8. The van der Waals surface area contributed by atoms with E-state index in [9.17, 15) is 15.0 Å². The molecule has 0 saturated carbocycles. The summed E-state index contributed by atoms with van der Waals surface area (Å²) in [6.07, 6.45) is 0.522. The van der Waals surface area contributed by atoms with Crippen LogP contribution in [-0.2, 0) is 6.42 Å². The summed E-state index contributed by atoms with van der Waals surface area (Å²) in [4.78, 5) is 12.8. The van der Waals surface area contributed by atoms with Crippen LogP contribution in [0.25, 0.3) is 10.8 Å². The van der Waals surface area contributed by atoms with Crippen LogP contribution in [0.1, 0.15) is 27.0 Å². The number of rotatable bonds is 0. The highest BCUT2D eigenvalue weighted by molar-refractivity contribution is 6.19. The number of phenols is 2. The third kappa shape index (κ3) is 1.64. The molecule has 0 heterocycles. The number of hydrogen-bond acceptors (Lipinski definition) is 3. The number of ketones is 1. The third-order valence-corrected chi connectivity index (χ3v) is 4.08. The second-order valence-electron chi connectivity index (χ2n) is 5.31. The topological polar surface area (TPSA) is 57.5 Å². The smallest absolute Gasteiger partial charge is 0.194 e. The molecule has 0 atom stereocenters. The average molecular weight is 276 g/mol. The van der Waals surface area contributed by atoms with Crippen LogP contribution in [0.3, 0.4) is 0 Å². The summed E-state index contributed by atoms with van der Waals surface area (Å²) in [6.45, 7) is 0. The molecule has 3 aromatic carbocycles. The van der Waals surface area contributed by atoms with Gasteiger partial charge in [-0.1, -0.05) is 30.3 Å². The van der Waals surface area contributed by atoms with Crippen LogP contribution in [0.2, 0.25) is 0 Å². The maximum atomic E-state index is 12.8. The minimum atomic E-state index is -0.0987. The predicted octanol–water partition coefficient (Wildman–Crippen LogP) is 3.39. The molecule has 2 N–H and O–H groups in total. The van der Waals surface area contributed by atoms with E-state index in [1.54, 1.807) is 36.4 Å². The van der Waals surface area contributed by atoms with E-state index in [2.05, 4.69) is 0 Å². The van der Waals surface area contributed by atoms with Crippen molar-refractivity contribution < 1.29 is 15.0 Å². The monoisotopic (exact) mass is 276 g/mol. The zero-order valence-corrected chi connectivity index (χ0v) is 11.1. The summed E-state index contributed by atoms with van der Waals surface area (Å²) in [5.41, 5.74) is 2.72. The van der Waals surface area contributed by atoms with Crippen LogP contribution in [0.15, 0.2) is 48.5 Å². The fourth-order valence-corrected chi connectivity index (χ4v) is 3.07. The van der Waals surface area contributed by atoms with Gasteiger partial charge in [-0.25, -0.2) is 0 Å². The highest BCUT2D eigenvalue weighted by Gasteiger charge is 2.26. The number of carbonyl (C=O) groups is 1. The average Bonchev–Trinajstić information content (AvgIpc) is 2.48. The first kappa shape index (κ1) is 12.0. The van der Waals surface area contributed by atoms with Crippen molar-refractivity contribution in [2.45, 2.75) is 6.42 Å². The molecule has 102 valence electrons. The van der Waals surface area contributed by atoms with Crippen LogP contribution in [0.4, 0.5) is 0 Å². The van der Waals surface area contributed by atoms with Crippen LogP contribution < -0.4 is 0 Å². The van der Waals surface area contributed by atoms with Crippen molar-refractivity contribution in [3.8, 4) is 11.5 Å². The summed E-state index contributed by atoms with van der Waals surface area (Å²) < 4.78 is 0. The largest absolute Gasteiger partial charge is 0.508 e. The Kier molecular flexibility index (Phi) is 2.33.